The maximum atomic E-state index is 12.7. The molecule has 2 nitrogen and oxygen atoms in total. The average molecular weight is 302 g/mol. The summed E-state index contributed by atoms with van der Waals surface area (Å²) in [6, 6.07) is 0. The summed E-state index contributed by atoms with van der Waals surface area (Å²) >= 11 is 0. The van der Waals surface area contributed by atoms with Crippen molar-refractivity contribution in [3.8, 4) is 0 Å². The molecule has 0 saturated heterocycles. The Labute approximate surface area is 128 Å². The summed E-state index contributed by atoms with van der Waals surface area (Å²) in [6.45, 7) is 12.1. The van der Waals surface area contributed by atoms with Crippen molar-refractivity contribution in [1.29, 1.82) is 0 Å². The number of rotatable bonds is 7. The van der Waals surface area contributed by atoms with Gasteiger partial charge in [0.2, 0.25) is 0 Å². The number of nitrogens with two attached hydrogens (primary N) is 1. The van der Waals surface area contributed by atoms with Gasteiger partial charge in [-0.25, -0.2) is 0 Å². The zero-order valence-electron chi connectivity index (χ0n) is 14.2. The zero-order chi connectivity index (χ0) is 15.3. The number of hydrogen-bond donors (Lipinski definition) is 1. The van der Waals surface area contributed by atoms with Gasteiger partial charge in [-0.3, -0.25) is 4.21 Å². The molecule has 0 radical (unpaired) electrons. The minimum absolute atomic E-state index is 0.336. The molecular formula is C17H35NOS. The van der Waals surface area contributed by atoms with E-state index in [0.29, 0.717) is 35.0 Å². The minimum atomic E-state index is -0.694. The lowest BCUT2D eigenvalue weighted by atomic mass is 9.67. The molecule has 0 bridgehead atoms. The van der Waals surface area contributed by atoms with Crippen LogP contribution in [0, 0.1) is 23.2 Å². The molecule has 1 saturated carbocycles. The topological polar surface area (TPSA) is 43.1 Å². The highest BCUT2D eigenvalue weighted by Crippen LogP contribution is 2.43. The van der Waals surface area contributed by atoms with E-state index in [1.165, 1.54) is 19.3 Å². The Morgan fingerprint density at radius 3 is 2.45 bits per heavy atom. The highest BCUT2D eigenvalue weighted by Gasteiger charge is 2.38. The first kappa shape index (κ1) is 18.2. The Balaban J connectivity index is 2.70. The smallest absolute Gasteiger partial charge is 0.0391 e. The fourth-order valence-corrected chi connectivity index (χ4v) is 5.42. The Kier molecular flexibility index (Phi) is 7.20. The van der Waals surface area contributed by atoms with E-state index in [-0.39, 0.29) is 0 Å². The van der Waals surface area contributed by atoms with Gasteiger partial charge in [0.1, 0.15) is 0 Å². The lowest BCUT2D eigenvalue weighted by Crippen LogP contribution is -2.41. The zero-order valence-corrected chi connectivity index (χ0v) is 15.0. The summed E-state index contributed by atoms with van der Waals surface area (Å²) in [6.07, 6.45) is 5.83. The van der Waals surface area contributed by atoms with E-state index in [1.54, 1.807) is 0 Å². The van der Waals surface area contributed by atoms with Gasteiger partial charge in [0.05, 0.1) is 0 Å². The monoisotopic (exact) mass is 301 g/mol. The predicted octanol–water partition coefficient (Wildman–Crippen LogP) is 3.96. The van der Waals surface area contributed by atoms with Crippen LogP contribution < -0.4 is 5.73 Å². The lowest BCUT2D eigenvalue weighted by molar-refractivity contribution is 0.133. The highest BCUT2D eigenvalue weighted by molar-refractivity contribution is 7.85. The summed E-state index contributed by atoms with van der Waals surface area (Å²) in [5, 5.41) is 0.336. The molecule has 4 unspecified atom stereocenters. The average Bonchev–Trinajstić information content (AvgIpc) is 2.43. The van der Waals surface area contributed by atoms with Gasteiger partial charge in [-0.15, -0.1) is 0 Å². The molecule has 0 aromatic carbocycles. The molecule has 1 aliphatic carbocycles. The van der Waals surface area contributed by atoms with E-state index in [0.717, 1.165) is 18.6 Å². The van der Waals surface area contributed by atoms with Crippen LogP contribution in [-0.2, 0) is 10.8 Å². The van der Waals surface area contributed by atoms with Gasteiger partial charge in [-0.2, -0.15) is 0 Å². The van der Waals surface area contributed by atoms with Crippen LogP contribution in [0.3, 0.4) is 0 Å². The van der Waals surface area contributed by atoms with Crippen molar-refractivity contribution in [2.45, 2.75) is 72.0 Å². The molecule has 1 fully saturated rings. The minimum Gasteiger partial charge on any atom is -0.330 e. The van der Waals surface area contributed by atoms with Gasteiger partial charge in [0.25, 0.3) is 0 Å². The predicted molar refractivity (Wildman–Crippen MR) is 90.2 cm³/mol. The molecular weight excluding hydrogens is 266 g/mol. The third kappa shape index (κ3) is 4.84. The van der Waals surface area contributed by atoms with E-state index in [2.05, 4.69) is 34.6 Å². The van der Waals surface area contributed by atoms with Crippen molar-refractivity contribution < 1.29 is 4.21 Å². The van der Waals surface area contributed by atoms with Crippen molar-refractivity contribution in [2.75, 3.05) is 12.3 Å². The summed E-state index contributed by atoms with van der Waals surface area (Å²) in [5.74, 6) is 2.69. The van der Waals surface area contributed by atoms with Crippen LogP contribution in [0.25, 0.3) is 0 Å². The molecule has 4 atom stereocenters. The first-order chi connectivity index (χ1) is 9.31. The van der Waals surface area contributed by atoms with Crippen molar-refractivity contribution >= 4 is 10.8 Å². The van der Waals surface area contributed by atoms with Crippen LogP contribution >= 0.6 is 0 Å². The quantitative estimate of drug-likeness (QED) is 0.773. The molecule has 0 heterocycles. The molecule has 0 spiro atoms. The maximum absolute atomic E-state index is 12.7. The van der Waals surface area contributed by atoms with Gasteiger partial charge in [0, 0.05) is 21.8 Å². The molecule has 120 valence electrons. The summed E-state index contributed by atoms with van der Waals surface area (Å²) < 4.78 is 12.7. The van der Waals surface area contributed by atoms with E-state index < -0.39 is 10.8 Å². The third-order valence-electron chi connectivity index (χ3n) is 5.48. The first-order valence-corrected chi connectivity index (χ1v) is 9.77. The SMILES string of the molecule is CCC(C)(C)C1CCC(CN)C(S(=O)CCC(C)C)C1. The van der Waals surface area contributed by atoms with Crippen LogP contribution in [0.15, 0.2) is 0 Å². The Hall–Kier alpha value is 0.110. The molecule has 1 aliphatic rings. The fourth-order valence-electron chi connectivity index (χ4n) is 3.29. The van der Waals surface area contributed by atoms with Gasteiger partial charge < -0.3 is 5.73 Å². The Morgan fingerprint density at radius 1 is 1.30 bits per heavy atom. The first-order valence-electron chi connectivity index (χ1n) is 8.39. The summed E-state index contributed by atoms with van der Waals surface area (Å²) in [7, 11) is -0.694. The largest absolute Gasteiger partial charge is 0.330 e. The van der Waals surface area contributed by atoms with Crippen LogP contribution in [-0.4, -0.2) is 21.8 Å². The van der Waals surface area contributed by atoms with E-state index in [4.69, 9.17) is 5.73 Å². The fraction of sp³-hybridized carbons (Fsp3) is 1.00. The van der Waals surface area contributed by atoms with Crippen LogP contribution in [0.4, 0.5) is 0 Å². The highest BCUT2D eigenvalue weighted by atomic mass is 32.2. The van der Waals surface area contributed by atoms with Crippen molar-refractivity contribution in [2.24, 2.45) is 28.9 Å². The molecule has 0 aromatic heterocycles. The maximum Gasteiger partial charge on any atom is 0.0391 e. The van der Waals surface area contributed by atoms with Crippen molar-refractivity contribution in [3.63, 3.8) is 0 Å². The molecule has 0 aliphatic heterocycles. The second kappa shape index (κ2) is 7.93. The molecule has 0 aromatic rings. The Bertz CT molecular complexity index is 314. The second-order valence-electron chi connectivity index (χ2n) is 7.65. The molecule has 3 heteroatoms. The summed E-state index contributed by atoms with van der Waals surface area (Å²) in [4.78, 5) is 0. The number of hydrogen-bond acceptors (Lipinski definition) is 2. The molecule has 1 rings (SSSR count). The molecule has 2 N–H and O–H groups in total. The van der Waals surface area contributed by atoms with Gasteiger partial charge in [-0.1, -0.05) is 41.0 Å². The van der Waals surface area contributed by atoms with Crippen LogP contribution in [0.5, 0.6) is 0 Å². The van der Waals surface area contributed by atoms with Gasteiger partial charge >= 0.3 is 0 Å². The summed E-state index contributed by atoms with van der Waals surface area (Å²) in [5.41, 5.74) is 6.32. The Morgan fingerprint density at radius 2 is 1.95 bits per heavy atom. The van der Waals surface area contributed by atoms with E-state index in [1.807, 2.05) is 0 Å². The van der Waals surface area contributed by atoms with Gasteiger partial charge in [-0.05, 0) is 55.4 Å². The van der Waals surface area contributed by atoms with Crippen LogP contribution in [0.2, 0.25) is 0 Å². The van der Waals surface area contributed by atoms with Crippen molar-refractivity contribution in [1.82, 2.24) is 0 Å². The normalized spacial score (nSPS) is 29.6. The molecule has 0 amide bonds. The third-order valence-corrected chi connectivity index (χ3v) is 7.37. The van der Waals surface area contributed by atoms with E-state index >= 15 is 0 Å². The molecule has 20 heavy (non-hydrogen) atoms. The lowest BCUT2D eigenvalue weighted by Gasteiger charge is -2.42. The van der Waals surface area contributed by atoms with Crippen LogP contribution in [0.1, 0.15) is 66.7 Å². The van der Waals surface area contributed by atoms with Gasteiger partial charge in [0.15, 0.2) is 0 Å². The second-order valence-corrected chi connectivity index (χ2v) is 9.43. The van der Waals surface area contributed by atoms with E-state index in [9.17, 15) is 4.21 Å². The standard InChI is InChI=1S/C17H35NOS/c1-6-17(4,5)15-8-7-14(12-18)16(11-15)20(19)10-9-13(2)3/h13-16H,6-12,18H2,1-5H3. The van der Waals surface area contributed by atoms with Crippen molar-refractivity contribution in [3.05, 3.63) is 0 Å².